The van der Waals surface area contributed by atoms with Gasteiger partial charge in [-0.3, -0.25) is 9.52 Å². The summed E-state index contributed by atoms with van der Waals surface area (Å²) in [6.07, 6.45) is 0.473. The fraction of sp³-hybridized carbons (Fsp3) is 0.133. The Hall–Kier alpha value is -1.49. The van der Waals surface area contributed by atoms with Gasteiger partial charge in [0, 0.05) is 22.2 Å². The highest BCUT2D eigenvalue weighted by atomic mass is 35.5. The van der Waals surface area contributed by atoms with E-state index in [4.69, 9.17) is 11.6 Å². The number of anilines is 1. The lowest BCUT2D eigenvalue weighted by atomic mass is 10.2. The SMILES string of the molecule is O=C1Cc2cc(SNCc3ccc(Cl)cc3)ccc2N1. The van der Waals surface area contributed by atoms with Crippen LogP contribution in [0.25, 0.3) is 0 Å². The predicted octanol–water partition coefficient (Wildman–Crippen LogP) is 3.63. The number of carbonyl (C=O) groups excluding carboxylic acids is 1. The van der Waals surface area contributed by atoms with E-state index in [-0.39, 0.29) is 5.91 Å². The highest BCUT2D eigenvalue weighted by Crippen LogP contribution is 2.27. The number of hydrogen-bond donors (Lipinski definition) is 2. The number of hydrogen-bond acceptors (Lipinski definition) is 3. The van der Waals surface area contributed by atoms with Crippen LogP contribution in [0.2, 0.25) is 5.02 Å². The fourth-order valence-corrected chi connectivity index (χ4v) is 2.94. The molecule has 5 heteroatoms. The molecular weight excluding hydrogens is 292 g/mol. The van der Waals surface area contributed by atoms with E-state index >= 15 is 0 Å². The van der Waals surface area contributed by atoms with E-state index < -0.39 is 0 Å². The second kappa shape index (κ2) is 5.87. The molecule has 0 fully saturated rings. The molecule has 20 heavy (non-hydrogen) atoms. The van der Waals surface area contributed by atoms with E-state index in [0.29, 0.717) is 6.42 Å². The van der Waals surface area contributed by atoms with Crippen molar-refractivity contribution >= 4 is 35.1 Å². The summed E-state index contributed by atoms with van der Waals surface area (Å²) in [5.74, 6) is 0.0660. The Bertz CT molecular complexity index is 643. The third kappa shape index (κ3) is 3.15. The number of fused-ring (bicyclic) bond motifs is 1. The number of nitrogens with one attached hydrogen (secondary N) is 2. The number of carbonyl (C=O) groups is 1. The van der Waals surface area contributed by atoms with Crippen molar-refractivity contribution in [3.63, 3.8) is 0 Å². The van der Waals surface area contributed by atoms with Crippen LogP contribution in [0.3, 0.4) is 0 Å². The first kappa shape index (κ1) is 13.5. The van der Waals surface area contributed by atoms with Crippen LogP contribution in [0.5, 0.6) is 0 Å². The van der Waals surface area contributed by atoms with E-state index in [1.807, 2.05) is 42.5 Å². The van der Waals surface area contributed by atoms with Gasteiger partial charge in [-0.15, -0.1) is 0 Å². The maximum absolute atomic E-state index is 11.3. The monoisotopic (exact) mass is 304 g/mol. The average Bonchev–Trinajstić information content (AvgIpc) is 2.80. The molecule has 0 aliphatic carbocycles. The minimum Gasteiger partial charge on any atom is -0.326 e. The largest absolute Gasteiger partial charge is 0.326 e. The van der Waals surface area contributed by atoms with Crippen molar-refractivity contribution < 1.29 is 4.79 Å². The van der Waals surface area contributed by atoms with Crippen LogP contribution in [-0.2, 0) is 17.8 Å². The third-order valence-electron chi connectivity index (χ3n) is 3.08. The fourth-order valence-electron chi connectivity index (χ4n) is 2.07. The van der Waals surface area contributed by atoms with Gasteiger partial charge in [0.1, 0.15) is 0 Å². The van der Waals surface area contributed by atoms with Crippen molar-refractivity contribution in [1.29, 1.82) is 0 Å². The van der Waals surface area contributed by atoms with Crippen LogP contribution >= 0.6 is 23.5 Å². The molecule has 0 bridgehead atoms. The normalized spacial score (nSPS) is 13.2. The minimum absolute atomic E-state index is 0.0660. The van der Waals surface area contributed by atoms with Crippen molar-refractivity contribution in [2.24, 2.45) is 0 Å². The Balaban J connectivity index is 1.58. The van der Waals surface area contributed by atoms with Crippen LogP contribution in [0.4, 0.5) is 5.69 Å². The standard InChI is InChI=1S/C15H13ClN2OS/c16-12-3-1-10(2-4-12)9-17-20-13-5-6-14-11(7-13)8-15(19)18-14/h1-7,17H,8-9H2,(H,18,19). The molecule has 0 unspecified atom stereocenters. The maximum atomic E-state index is 11.3. The van der Waals surface area contributed by atoms with E-state index in [1.54, 1.807) is 11.9 Å². The van der Waals surface area contributed by atoms with Gasteiger partial charge in [0.15, 0.2) is 0 Å². The summed E-state index contributed by atoms with van der Waals surface area (Å²) in [6, 6.07) is 13.8. The van der Waals surface area contributed by atoms with Crippen LogP contribution in [0, 0.1) is 0 Å². The van der Waals surface area contributed by atoms with Gasteiger partial charge in [0.25, 0.3) is 0 Å². The summed E-state index contributed by atoms with van der Waals surface area (Å²) in [6.45, 7) is 0.760. The first-order valence-corrected chi connectivity index (χ1v) is 7.47. The van der Waals surface area contributed by atoms with Gasteiger partial charge >= 0.3 is 0 Å². The van der Waals surface area contributed by atoms with Crippen molar-refractivity contribution in [2.45, 2.75) is 17.9 Å². The zero-order valence-electron chi connectivity index (χ0n) is 10.7. The van der Waals surface area contributed by atoms with Gasteiger partial charge in [0.2, 0.25) is 5.91 Å². The molecule has 0 atom stereocenters. The van der Waals surface area contributed by atoms with Gasteiger partial charge in [-0.05, 0) is 53.4 Å². The molecular formula is C15H13ClN2OS. The topological polar surface area (TPSA) is 41.1 Å². The summed E-state index contributed by atoms with van der Waals surface area (Å²) in [5.41, 5.74) is 3.17. The second-order valence-electron chi connectivity index (χ2n) is 4.59. The van der Waals surface area contributed by atoms with Gasteiger partial charge < -0.3 is 5.32 Å². The number of rotatable bonds is 4. The Kier molecular flexibility index (Phi) is 3.96. The van der Waals surface area contributed by atoms with Crippen LogP contribution in [0.15, 0.2) is 47.4 Å². The molecule has 102 valence electrons. The number of benzene rings is 2. The molecule has 1 aliphatic heterocycles. The van der Waals surface area contributed by atoms with E-state index in [1.165, 1.54) is 5.56 Å². The summed E-state index contributed by atoms with van der Waals surface area (Å²) in [4.78, 5) is 12.4. The maximum Gasteiger partial charge on any atom is 0.228 e. The smallest absolute Gasteiger partial charge is 0.228 e. The van der Waals surface area contributed by atoms with E-state index in [9.17, 15) is 4.79 Å². The lowest BCUT2D eigenvalue weighted by molar-refractivity contribution is -0.115. The second-order valence-corrected chi connectivity index (χ2v) is 5.99. The highest BCUT2D eigenvalue weighted by Gasteiger charge is 2.17. The van der Waals surface area contributed by atoms with Gasteiger partial charge in [-0.25, -0.2) is 0 Å². The molecule has 0 radical (unpaired) electrons. The summed E-state index contributed by atoms with van der Waals surface area (Å²) >= 11 is 7.41. The molecule has 2 aromatic carbocycles. The van der Waals surface area contributed by atoms with Crippen molar-refractivity contribution in [2.75, 3.05) is 5.32 Å². The Morgan fingerprint density at radius 1 is 1.20 bits per heavy atom. The lowest BCUT2D eigenvalue weighted by Crippen LogP contribution is -2.03. The number of halogens is 1. The van der Waals surface area contributed by atoms with Crippen molar-refractivity contribution in [3.05, 3.63) is 58.6 Å². The number of amides is 1. The van der Waals surface area contributed by atoms with Gasteiger partial charge in [-0.2, -0.15) is 0 Å². The van der Waals surface area contributed by atoms with Crippen LogP contribution in [0.1, 0.15) is 11.1 Å². The molecule has 1 aliphatic rings. The van der Waals surface area contributed by atoms with Crippen LogP contribution < -0.4 is 10.0 Å². The molecule has 0 saturated heterocycles. The summed E-state index contributed by atoms with van der Waals surface area (Å²) in [5, 5.41) is 3.58. The molecule has 3 nitrogen and oxygen atoms in total. The van der Waals surface area contributed by atoms with E-state index in [2.05, 4.69) is 10.0 Å². The first-order valence-electron chi connectivity index (χ1n) is 6.27. The van der Waals surface area contributed by atoms with Crippen molar-refractivity contribution in [3.8, 4) is 0 Å². The summed E-state index contributed by atoms with van der Waals surface area (Å²) < 4.78 is 3.31. The minimum atomic E-state index is 0.0660. The van der Waals surface area contributed by atoms with Crippen molar-refractivity contribution in [1.82, 2.24) is 4.72 Å². The Morgan fingerprint density at radius 3 is 2.80 bits per heavy atom. The molecule has 2 aromatic rings. The first-order chi connectivity index (χ1) is 9.70. The predicted molar refractivity (Wildman–Crippen MR) is 82.9 cm³/mol. The molecule has 0 aromatic heterocycles. The van der Waals surface area contributed by atoms with Crippen LogP contribution in [-0.4, -0.2) is 5.91 Å². The molecule has 0 spiro atoms. The molecule has 3 rings (SSSR count). The zero-order valence-corrected chi connectivity index (χ0v) is 12.2. The molecule has 1 amide bonds. The average molecular weight is 305 g/mol. The quantitative estimate of drug-likeness (QED) is 0.848. The van der Waals surface area contributed by atoms with E-state index in [0.717, 1.165) is 27.7 Å². The molecule has 1 heterocycles. The van der Waals surface area contributed by atoms with Gasteiger partial charge in [0.05, 0.1) is 6.42 Å². The van der Waals surface area contributed by atoms with Gasteiger partial charge in [-0.1, -0.05) is 23.7 Å². The highest BCUT2D eigenvalue weighted by molar-refractivity contribution is 7.97. The Morgan fingerprint density at radius 2 is 2.00 bits per heavy atom. The summed E-state index contributed by atoms with van der Waals surface area (Å²) in [7, 11) is 0. The molecule has 0 saturated carbocycles. The zero-order chi connectivity index (χ0) is 13.9. The molecule has 2 N–H and O–H groups in total. The Labute approximate surface area is 126 Å². The lowest BCUT2D eigenvalue weighted by Gasteiger charge is -2.06. The third-order valence-corrected chi connectivity index (χ3v) is 4.11.